The zero-order valence-corrected chi connectivity index (χ0v) is 19.2. The van der Waals surface area contributed by atoms with Crippen LogP contribution in [-0.2, 0) is 6.54 Å². The average Bonchev–Trinajstić information content (AvgIpc) is 3.20. The smallest absolute Gasteiger partial charge is 0.247 e. The minimum Gasteiger partial charge on any atom is -0.247 e. The Bertz CT molecular complexity index is 616. The maximum absolute atomic E-state index is 3.49. The lowest BCUT2D eigenvalue weighted by Crippen LogP contribution is -2.37. The molecule has 29 heavy (non-hydrogen) atoms. The molecule has 2 rings (SSSR count). The fourth-order valence-corrected chi connectivity index (χ4v) is 4.32. The molecule has 1 atom stereocenters. The highest BCUT2D eigenvalue weighted by Crippen LogP contribution is 2.19. The van der Waals surface area contributed by atoms with E-state index in [9.17, 15) is 0 Å². The fraction of sp³-hybridized carbons (Fsp3) is 0.667. The van der Waals surface area contributed by atoms with E-state index < -0.39 is 0 Å². The van der Waals surface area contributed by atoms with Gasteiger partial charge in [0.2, 0.25) is 0 Å². The van der Waals surface area contributed by atoms with E-state index in [1.807, 2.05) is 0 Å². The fourth-order valence-electron chi connectivity index (χ4n) is 4.32. The predicted molar refractivity (Wildman–Crippen MR) is 125 cm³/mol. The molecule has 2 heteroatoms. The van der Waals surface area contributed by atoms with Gasteiger partial charge in [0, 0.05) is 0 Å². The van der Waals surface area contributed by atoms with Crippen LogP contribution in [0.25, 0.3) is 0 Å². The molecule has 0 bridgehead atoms. The van der Waals surface area contributed by atoms with E-state index in [-0.39, 0.29) is 0 Å². The number of nitrogens with zero attached hydrogens (tertiary/aromatic N) is 1. The second kappa shape index (κ2) is 15.3. The van der Waals surface area contributed by atoms with Gasteiger partial charge in [0.05, 0.1) is 5.92 Å². The Labute approximate surface area is 180 Å². The molecule has 1 aromatic carbocycles. The van der Waals surface area contributed by atoms with E-state index in [0.29, 0.717) is 5.92 Å². The van der Waals surface area contributed by atoms with Crippen molar-refractivity contribution < 1.29 is 4.57 Å². The summed E-state index contributed by atoms with van der Waals surface area (Å²) in [5.74, 6) is 1.97. The second-order valence-electron chi connectivity index (χ2n) is 8.89. The molecule has 0 aliphatic carbocycles. The van der Waals surface area contributed by atoms with Gasteiger partial charge >= 0.3 is 0 Å². The summed E-state index contributed by atoms with van der Waals surface area (Å²) in [6.45, 7) is 5.62. The van der Waals surface area contributed by atoms with Gasteiger partial charge in [-0.05, 0) is 12.0 Å². The number of imidazole rings is 1. The molecular formula is C27H45N2+. The Hall–Kier alpha value is -1.57. The van der Waals surface area contributed by atoms with Crippen molar-refractivity contribution in [1.82, 2.24) is 4.98 Å². The molecule has 0 amide bonds. The first-order valence-electron chi connectivity index (χ1n) is 12.4. The minimum atomic E-state index is 0.599. The first-order valence-corrected chi connectivity index (χ1v) is 12.4. The van der Waals surface area contributed by atoms with Crippen LogP contribution >= 0.6 is 0 Å². The van der Waals surface area contributed by atoms with Crippen LogP contribution in [0.2, 0.25) is 0 Å². The van der Waals surface area contributed by atoms with Gasteiger partial charge in [-0.2, -0.15) is 0 Å². The van der Waals surface area contributed by atoms with Crippen molar-refractivity contribution >= 4 is 0 Å². The van der Waals surface area contributed by atoms with Crippen molar-refractivity contribution in [2.75, 3.05) is 0 Å². The normalized spacial score (nSPS) is 12.3. The number of nitrogens with one attached hydrogen (secondary N) is 1. The van der Waals surface area contributed by atoms with Crippen molar-refractivity contribution in [3.8, 4) is 0 Å². The van der Waals surface area contributed by atoms with E-state index in [4.69, 9.17) is 0 Å². The molecule has 1 N–H and O–H groups in total. The topological polar surface area (TPSA) is 19.7 Å². The summed E-state index contributed by atoms with van der Waals surface area (Å²) >= 11 is 0. The average molecular weight is 398 g/mol. The largest absolute Gasteiger partial charge is 0.257 e. The third-order valence-electron chi connectivity index (χ3n) is 6.20. The van der Waals surface area contributed by atoms with Crippen LogP contribution in [0.3, 0.4) is 0 Å². The first kappa shape index (κ1) is 23.7. The number of hydrogen-bond donors (Lipinski definition) is 1. The quantitative estimate of drug-likeness (QED) is 0.206. The van der Waals surface area contributed by atoms with Gasteiger partial charge in [-0.25, -0.2) is 9.55 Å². The molecule has 0 spiro atoms. The highest BCUT2D eigenvalue weighted by Gasteiger charge is 2.18. The Morgan fingerprint density at radius 1 is 0.759 bits per heavy atom. The Balaban J connectivity index is 1.49. The number of unbranched alkanes of at least 4 members (excludes halogenated alkanes) is 12. The monoisotopic (exact) mass is 397 g/mol. The maximum Gasteiger partial charge on any atom is 0.257 e. The van der Waals surface area contributed by atoms with E-state index in [0.717, 1.165) is 6.54 Å². The number of rotatable bonds is 17. The highest BCUT2D eigenvalue weighted by molar-refractivity contribution is 5.13. The SMILES string of the molecule is CCCCCCCCCCCCCCC[C@H](C)c1[nH]cc[n+]1Cc1ccccc1. The van der Waals surface area contributed by atoms with Gasteiger partial charge in [0.15, 0.2) is 0 Å². The summed E-state index contributed by atoms with van der Waals surface area (Å²) in [6, 6.07) is 10.8. The molecule has 162 valence electrons. The van der Waals surface area contributed by atoms with E-state index in [1.165, 1.54) is 101 Å². The Morgan fingerprint density at radius 2 is 1.31 bits per heavy atom. The molecule has 0 fully saturated rings. The lowest BCUT2D eigenvalue weighted by atomic mass is 10.0. The number of H-pyrrole nitrogens is 1. The molecule has 0 saturated carbocycles. The van der Waals surface area contributed by atoms with Gasteiger partial charge in [-0.3, -0.25) is 0 Å². The highest BCUT2D eigenvalue weighted by atomic mass is 15.1. The summed E-state index contributed by atoms with van der Waals surface area (Å²) in [7, 11) is 0. The molecular weight excluding hydrogens is 352 g/mol. The molecule has 0 aliphatic heterocycles. The molecule has 2 aromatic rings. The van der Waals surface area contributed by atoms with Crippen molar-refractivity contribution in [2.24, 2.45) is 0 Å². The van der Waals surface area contributed by atoms with E-state index in [1.54, 1.807) is 0 Å². The van der Waals surface area contributed by atoms with Crippen LogP contribution in [0, 0.1) is 0 Å². The molecule has 2 nitrogen and oxygen atoms in total. The van der Waals surface area contributed by atoms with Crippen molar-refractivity contribution in [1.29, 1.82) is 0 Å². The van der Waals surface area contributed by atoms with Crippen LogP contribution in [0.4, 0.5) is 0 Å². The van der Waals surface area contributed by atoms with Crippen molar-refractivity contribution in [2.45, 2.75) is 116 Å². The number of hydrogen-bond acceptors (Lipinski definition) is 0. The van der Waals surface area contributed by atoms with Crippen molar-refractivity contribution in [3.63, 3.8) is 0 Å². The van der Waals surface area contributed by atoms with Gasteiger partial charge in [-0.15, -0.1) is 0 Å². The third kappa shape index (κ3) is 10.1. The summed E-state index contributed by atoms with van der Waals surface area (Å²) in [5, 5.41) is 0. The van der Waals surface area contributed by atoms with Crippen molar-refractivity contribution in [3.05, 3.63) is 54.1 Å². The van der Waals surface area contributed by atoms with Crippen LogP contribution < -0.4 is 4.57 Å². The molecule has 0 aliphatic rings. The molecule has 1 aromatic heterocycles. The molecule has 0 saturated heterocycles. The predicted octanol–water partition coefficient (Wildman–Crippen LogP) is 7.94. The number of benzene rings is 1. The van der Waals surface area contributed by atoms with Gasteiger partial charge < -0.3 is 0 Å². The zero-order chi connectivity index (χ0) is 20.6. The van der Waals surface area contributed by atoms with E-state index in [2.05, 4.69) is 66.1 Å². The zero-order valence-electron chi connectivity index (χ0n) is 19.2. The summed E-state index contributed by atoms with van der Waals surface area (Å²) in [6.07, 6.45) is 24.1. The van der Waals surface area contributed by atoms with Gasteiger partial charge in [0.1, 0.15) is 18.9 Å². The Morgan fingerprint density at radius 3 is 1.90 bits per heavy atom. The summed E-state index contributed by atoms with van der Waals surface area (Å²) in [5.41, 5.74) is 1.37. The summed E-state index contributed by atoms with van der Waals surface area (Å²) < 4.78 is 2.38. The number of aromatic nitrogens is 2. The maximum atomic E-state index is 3.49. The number of aromatic amines is 1. The van der Waals surface area contributed by atoms with Crippen LogP contribution in [-0.4, -0.2) is 4.98 Å². The van der Waals surface area contributed by atoms with Crippen LogP contribution in [0.1, 0.15) is 121 Å². The molecule has 1 heterocycles. The lowest BCUT2D eigenvalue weighted by Gasteiger charge is -2.09. The molecule has 0 radical (unpaired) electrons. The molecule has 0 unspecified atom stereocenters. The van der Waals surface area contributed by atoms with E-state index >= 15 is 0 Å². The standard InChI is InChI=1S/C27H44N2/c1-3-4-5-6-7-8-9-10-11-12-13-14-16-19-25(2)27-28-22-23-29(27)24-26-20-17-15-18-21-26/h15,17-18,20-23,25H,3-14,16,19,24H2,1-2H3/p+1/t25-/m0/s1. The summed E-state index contributed by atoms with van der Waals surface area (Å²) in [4.78, 5) is 3.49. The Kier molecular flexibility index (Phi) is 12.5. The van der Waals surface area contributed by atoms with Crippen LogP contribution in [0.5, 0.6) is 0 Å². The van der Waals surface area contributed by atoms with Gasteiger partial charge in [0.25, 0.3) is 5.82 Å². The minimum absolute atomic E-state index is 0.599. The van der Waals surface area contributed by atoms with Crippen LogP contribution in [0.15, 0.2) is 42.7 Å². The lowest BCUT2D eigenvalue weighted by molar-refractivity contribution is -0.695. The first-order chi connectivity index (χ1) is 14.3. The third-order valence-corrected chi connectivity index (χ3v) is 6.20. The second-order valence-corrected chi connectivity index (χ2v) is 8.89. The van der Waals surface area contributed by atoms with Gasteiger partial charge in [-0.1, -0.05) is 128 Å².